The van der Waals surface area contributed by atoms with Gasteiger partial charge in [0, 0.05) is 18.7 Å². The van der Waals surface area contributed by atoms with Crippen LogP contribution < -0.4 is 5.56 Å². The summed E-state index contributed by atoms with van der Waals surface area (Å²) in [6, 6.07) is 22.7. The van der Waals surface area contributed by atoms with Crippen molar-refractivity contribution < 1.29 is 4.39 Å². The highest BCUT2D eigenvalue weighted by Crippen LogP contribution is 2.26. The molecular formula is C31H33FN6O. The molecule has 0 spiro atoms. The van der Waals surface area contributed by atoms with Gasteiger partial charge in [0.05, 0.1) is 18.1 Å². The second-order valence-corrected chi connectivity index (χ2v) is 10.0. The molecule has 0 aliphatic carbocycles. The van der Waals surface area contributed by atoms with Crippen LogP contribution in [0.25, 0.3) is 10.9 Å². The monoisotopic (exact) mass is 524 g/mol. The van der Waals surface area contributed by atoms with Gasteiger partial charge in [-0.05, 0) is 83.0 Å². The maximum atomic E-state index is 13.5. The van der Waals surface area contributed by atoms with E-state index in [4.69, 9.17) is 0 Å². The first-order valence-electron chi connectivity index (χ1n) is 13.3. The Bertz CT molecular complexity index is 1610. The SMILES string of the molecule is CC[C@H](c1nnnn1Cc1ccc(F)cc1)N(CCc1ccccc1)Cc1cc2ccc(C)c(C)c2[nH]c1=O. The number of hydrogen-bond donors (Lipinski definition) is 1. The fourth-order valence-corrected chi connectivity index (χ4v) is 5.10. The van der Waals surface area contributed by atoms with Crippen molar-refractivity contribution in [2.24, 2.45) is 0 Å². The fraction of sp³-hybridized carbons (Fsp3) is 0.290. The summed E-state index contributed by atoms with van der Waals surface area (Å²) in [5, 5.41) is 13.7. The number of aromatic nitrogens is 5. The predicted molar refractivity (Wildman–Crippen MR) is 151 cm³/mol. The molecule has 2 heterocycles. The van der Waals surface area contributed by atoms with Gasteiger partial charge in [-0.1, -0.05) is 61.5 Å². The molecule has 1 atom stereocenters. The van der Waals surface area contributed by atoms with Crippen molar-refractivity contribution in [1.82, 2.24) is 30.1 Å². The molecule has 0 saturated heterocycles. The summed E-state index contributed by atoms with van der Waals surface area (Å²) in [6.45, 7) is 7.79. The van der Waals surface area contributed by atoms with Crippen molar-refractivity contribution in [2.75, 3.05) is 6.54 Å². The second-order valence-electron chi connectivity index (χ2n) is 10.0. The number of aryl methyl sites for hydroxylation is 2. The average Bonchev–Trinajstić information content (AvgIpc) is 3.40. The van der Waals surface area contributed by atoms with E-state index in [0.717, 1.165) is 52.8 Å². The molecule has 200 valence electrons. The largest absolute Gasteiger partial charge is 0.321 e. The molecule has 0 aliphatic rings. The van der Waals surface area contributed by atoms with E-state index in [1.165, 1.54) is 17.7 Å². The summed E-state index contributed by atoms with van der Waals surface area (Å²) >= 11 is 0. The Morgan fingerprint density at radius 1 is 1.00 bits per heavy atom. The van der Waals surface area contributed by atoms with Crippen LogP contribution in [0.2, 0.25) is 0 Å². The minimum absolute atomic E-state index is 0.0818. The van der Waals surface area contributed by atoms with Crippen molar-refractivity contribution in [2.45, 2.75) is 52.7 Å². The number of rotatable bonds is 10. The topological polar surface area (TPSA) is 79.7 Å². The van der Waals surface area contributed by atoms with Gasteiger partial charge in [-0.25, -0.2) is 9.07 Å². The third-order valence-corrected chi connectivity index (χ3v) is 7.46. The maximum absolute atomic E-state index is 13.5. The lowest BCUT2D eigenvalue weighted by atomic mass is 10.0. The van der Waals surface area contributed by atoms with Gasteiger partial charge < -0.3 is 4.98 Å². The second kappa shape index (κ2) is 11.7. The number of aromatic amines is 1. The Balaban J connectivity index is 1.49. The molecule has 7 nitrogen and oxygen atoms in total. The van der Waals surface area contributed by atoms with Crippen molar-refractivity contribution in [3.8, 4) is 0 Å². The molecule has 0 amide bonds. The van der Waals surface area contributed by atoms with Crippen LogP contribution in [0, 0.1) is 19.7 Å². The zero-order valence-electron chi connectivity index (χ0n) is 22.6. The predicted octanol–water partition coefficient (Wildman–Crippen LogP) is 5.51. The van der Waals surface area contributed by atoms with E-state index in [9.17, 15) is 9.18 Å². The van der Waals surface area contributed by atoms with Gasteiger partial charge in [0.15, 0.2) is 5.82 Å². The van der Waals surface area contributed by atoms with Crippen LogP contribution in [0.5, 0.6) is 0 Å². The first-order valence-corrected chi connectivity index (χ1v) is 13.3. The third-order valence-electron chi connectivity index (χ3n) is 7.46. The highest BCUT2D eigenvalue weighted by atomic mass is 19.1. The van der Waals surface area contributed by atoms with Crippen LogP contribution >= 0.6 is 0 Å². The van der Waals surface area contributed by atoms with Crippen molar-refractivity contribution in [3.05, 3.63) is 123 Å². The standard InChI is InChI=1S/C31H33FN6O/c1-4-28(30-34-35-36-38(30)19-24-11-14-27(32)15-12-24)37(17-16-23-8-6-5-7-9-23)20-26-18-25-13-10-21(2)22(3)29(25)33-31(26)39/h5-15,18,28H,4,16-17,19-20H2,1-3H3,(H,33,39)/t28-/m1/s1. The summed E-state index contributed by atoms with van der Waals surface area (Å²) < 4.78 is 15.2. The molecule has 3 aromatic carbocycles. The molecule has 2 aromatic heterocycles. The number of fused-ring (bicyclic) bond motifs is 1. The molecular weight excluding hydrogens is 491 g/mol. The Kier molecular flexibility index (Phi) is 7.93. The van der Waals surface area contributed by atoms with E-state index in [2.05, 4.69) is 56.6 Å². The normalized spacial score (nSPS) is 12.3. The number of pyridine rings is 1. The van der Waals surface area contributed by atoms with E-state index in [0.29, 0.717) is 18.7 Å². The van der Waals surface area contributed by atoms with Crippen LogP contribution in [0.4, 0.5) is 4.39 Å². The summed E-state index contributed by atoms with van der Waals surface area (Å²) in [5.74, 6) is 0.443. The van der Waals surface area contributed by atoms with Crippen LogP contribution in [0.1, 0.15) is 53.0 Å². The van der Waals surface area contributed by atoms with Gasteiger partial charge in [0.25, 0.3) is 5.56 Å². The Morgan fingerprint density at radius 3 is 2.51 bits per heavy atom. The molecule has 1 N–H and O–H groups in total. The number of hydrogen-bond acceptors (Lipinski definition) is 5. The lowest BCUT2D eigenvalue weighted by molar-refractivity contribution is 0.172. The summed E-state index contributed by atoms with van der Waals surface area (Å²) in [7, 11) is 0. The summed E-state index contributed by atoms with van der Waals surface area (Å²) in [4.78, 5) is 18.7. The molecule has 5 rings (SSSR count). The quantitative estimate of drug-likeness (QED) is 0.260. The Labute approximate surface area is 227 Å². The number of halogens is 1. The Morgan fingerprint density at radius 2 is 1.77 bits per heavy atom. The van der Waals surface area contributed by atoms with Gasteiger partial charge in [-0.2, -0.15) is 0 Å². The van der Waals surface area contributed by atoms with Gasteiger partial charge in [0.1, 0.15) is 5.82 Å². The van der Waals surface area contributed by atoms with Crippen molar-refractivity contribution in [3.63, 3.8) is 0 Å². The van der Waals surface area contributed by atoms with E-state index in [1.54, 1.807) is 16.8 Å². The smallest absolute Gasteiger partial charge is 0.252 e. The molecule has 39 heavy (non-hydrogen) atoms. The van der Waals surface area contributed by atoms with Gasteiger partial charge in [-0.15, -0.1) is 5.10 Å². The third kappa shape index (κ3) is 5.96. The average molecular weight is 525 g/mol. The van der Waals surface area contributed by atoms with E-state index >= 15 is 0 Å². The van der Waals surface area contributed by atoms with Crippen molar-refractivity contribution in [1.29, 1.82) is 0 Å². The Hall–Kier alpha value is -4.17. The van der Waals surface area contributed by atoms with E-state index in [-0.39, 0.29) is 17.4 Å². The number of nitrogens with zero attached hydrogens (tertiary/aromatic N) is 5. The molecule has 0 saturated carbocycles. The molecule has 0 bridgehead atoms. The minimum atomic E-state index is -0.278. The summed E-state index contributed by atoms with van der Waals surface area (Å²) in [6.07, 6.45) is 1.57. The van der Waals surface area contributed by atoms with Crippen molar-refractivity contribution >= 4 is 10.9 Å². The van der Waals surface area contributed by atoms with E-state index in [1.807, 2.05) is 38.1 Å². The zero-order valence-corrected chi connectivity index (χ0v) is 22.6. The van der Waals surface area contributed by atoms with Gasteiger partial charge in [-0.3, -0.25) is 9.69 Å². The molecule has 0 aliphatic heterocycles. The van der Waals surface area contributed by atoms with Crippen LogP contribution in [0.3, 0.4) is 0 Å². The number of nitrogens with one attached hydrogen (secondary N) is 1. The number of benzene rings is 3. The number of H-pyrrole nitrogens is 1. The lowest BCUT2D eigenvalue weighted by Gasteiger charge is -2.30. The first-order chi connectivity index (χ1) is 18.9. The lowest BCUT2D eigenvalue weighted by Crippen LogP contribution is -2.34. The molecule has 8 heteroatoms. The van der Waals surface area contributed by atoms with Crippen LogP contribution in [-0.2, 0) is 19.5 Å². The van der Waals surface area contributed by atoms with Crippen LogP contribution in [-0.4, -0.2) is 36.6 Å². The number of tetrazole rings is 1. The highest BCUT2D eigenvalue weighted by Gasteiger charge is 2.26. The van der Waals surface area contributed by atoms with Gasteiger partial charge >= 0.3 is 0 Å². The zero-order chi connectivity index (χ0) is 27.4. The molecule has 5 aromatic rings. The summed E-state index contributed by atoms with van der Waals surface area (Å²) in [5.41, 5.74) is 5.87. The molecule has 0 unspecified atom stereocenters. The molecule has 0 fully saturated rings. The van der Waals surface area contributed by atoms with Gasteiger partial charge in [0.2, 0.25) is 0 Å². The first kappa shape index (κ1) is 26.4. The minimum Gasteiger partial charge on any atom is -0.321 e. The highest BCUT2D eigenvalue weighted by molar-refractivity contribution is 5.83. The van der Waals surface area contributed by atoms with Crippen LogP contribution in [0.15, 0.2) is 77.6 Å². The molecule has 0 radical (unpaired) electrons. The van der Waals surface area contributed by atoms with E-state index < -0.39 is 0 Å². The fourth-order valence-electron chi connectivity index (χ4n) is 5.10. The maximum Gasteiger partial charge on any atom is 0.252 e.